The predicted molar refractivity (Wildman–Crippen MR) is 111 cm³/mol. The molecule has 0 bridgehead atoms. The molecule has 0 aromatic heterocycles. The fourth-order valence-corrected chi connectivity index (χ4v) is 3.65. The summed E-state index contributed by atoms with van der Waals surface area (Å²) in [4.78, 5) is 2.12. The van der Waals surface area contributed by atoms with Gasteiger partial charge in [-0.3, -0.25) is 0 Å². The maximum absolute atomic E-state index is 11.5. The molecule has 0 saturated heterocycles. The van der Waals surface area contributed by atoms with Gasteiger partial charge in [-0.15, -0.1) is 0 Å². The van der Waals surface area contributed by atoms with Gasteiger partial charge in [-0.25, -0.2) is 8.42 Å². The van der Waals surface area contributed by atoms with Crippen molar-refractivity contribution < 1.29 is 17.9 Å². The van der Waals surface area contributed by atoms with Crippen LogP contribution in [0, 0.1) is 0 Å². The number of hydrogen-bond acceptors (Lipinski definition) is 5. The molecule has 0 unspecified atom stereocenters. The second-order valence-electron chi connectivity index (χ2n) is 6.30. The maximum Gasteiger partial charge on any atom is 0.147 e. The monoisotopic (exact) mass is 411 g/mol. The summed E-state index contributed by atoms with van der Waals surface area (Å²) in [5, 5.41) is 0.523. The number of halogens is 1. The van der Waals surface area contributed by atoms with Crippen molar-refractivity contribution in [3.63, 3.8) is 0 Å². The SMILES string of the molecule is CCOc1ccc(CN(CCCS(C)(=O)=O)c2ccc(OC)c(Cl)c2)cc1. The average molecular weight is 412 g/mol. The Morgan fingerprint density at radius 2 is 1.81 bits per heavy atom. The van der Waals surface area contributed by atoms with Gasteiger partial charge in [-0.1, -0.05) is 23.7 Å². The lowest BCUT2D eigenvalue weighted by molar-refractivity contribution is 0.340. The number of anilines is 1. The lowest BCUT2D eigenvalue weighted by Crippen LogP contribution is -2.25. The maximum atomic E-state index is 11.5. The second-order valence-corrected chi connectivity index (χ2v) is 8.97. The average Bonchev–Trinajstić information content (AvgIpc) is 2.61. The van der Waals surface area contributed by atoms with Crippen LogP contribution >= 0.6 is 11.6 Å². The molecule has 148 valence electrons. The van der Waals surface area contributed by atoms with Crippen LogP contribution in [0.15, 0.2) is 42.5 Å². The Labute approximate surface area is 166 Å². The van der Waals surface area contributed by atoms with E-state index in [2.05, 4.69) is 4.90 Å². The summed E-state index contributed by atoms with van der Waals surface area (Å²) in [6, 6.07) is 13.5. The largest absolute Gasteiger partial charge is 0.495 e. The molecule has 0 N–H and O–H groups in total. The molecule has 2 aromatic carbocycles. The van der Waals surface area contributed by atoms with E-state index < -0.39 is 9.84 Å². The molecule has 2 rings (SSSR count). The van der Waals surface area contributed by atoms with Gasteiger partial charge in [0.25, 0.3) is 0 Å². The third kappa shape index (κ3) is 6.96. The van der Waals surface area contributed by atoms with Gasteiger partial charge in [-0.2, -0.15) is 0 Å². The zero-order valence-corrected chi connectivity index (χ0v) is 17.5. The van der Waals surface area contributed by atoms with Crippen LogP contribution in [-0.2, 0) is 16.4 Å². The van der Waals surface area contributed by atoms with Crippen molar-refractivity contribution in [3.05, 3.63) is 53.1 Å². The van der Waals surface area contributed by atoms with Crippen molar-refractivity contribution in [1.82, 2.24) is 0 Å². The lowest BCUT2D eigenvalue weighted by Gasteiger charge is -2.25. The van der Waals surface area contributed by atoms with Gasteiger partial charge in [0, 0.05) is 25.0 Å². The number of methoxy groups -OCH3 is 1. The van der Waals surface area contributed by atoms with Gasteiger partial charge in [0.15, 0.2) is 0 Å². The minimum Gasteiger partial charge on any atom is -0.495 e. The number of rotatable bonds is 10. The van der Waals surface area contributed by atoms with E-state index in [1.54, 1.807) is 7.11 Å². The summed E-state index contributed by atoms with van der Waals surface area (Å²) in [6.45, 7) is 3.81. The summed E-state index contributed by atoms with van der Waals surface area (Å²) in [5.41, 5.74) is 2.02. The first kappa shape index (κ1) is 21.4. The van der Waals surface area contributed by atoms with E-state index in [4.69, 9.17) is 21.1 Å². The van der Waals surface area contributed by atoms with E-state index >= 15 is 0 Å². The van der Waals surface area contributed by atoms with E-state index in [0.29, 0.717) is 36.9 Å². The molecule has 0 spiro atoms. The first-order valence-electron chi connectivity index (χ1n) is 8.80. The number of nitrogens with zero attached hydrogens (tertiary/aromatic N) is 1. The van der Waals surface area contributed by atoms with E-state index in [0.717, 1.165) is 17.0 Å². The molecule has 2 aromatic rings. The van der Waals surface area contributed by atoms with E-state index in [1.165, 1.54) is 6.26 Å². The van der Waals surface area contributed by atoms with Crippen LogP contribution in [0.25, 0.3) is 0 Å². The molecule has 0 aliphatic heterocycles. The van der Waals surface area contributed by atoms with Crippen LogP contribution in [0.5, 0.6) is 11.5 Å². The molecule has 0 aliphatic rings. The summed E-state index contributed by atoms with van der Waals surface area (Å²) >= 11 is 6.27. The topological polar surface area (TPSA) is 55.8 Å². The molecular formula is C20H26ClNO4S. The Kier molecular flexibility index (Phi) is 7.80. The van der Waals surface area contributed by atoms with Gasteiger partial charge in [-0.05, 0) is 49.2 Å². The lowest BCUT2D eigenvalue weighted by atomic mass is 10.1. The molecule has 0 saturated carbocycles. The third-order valence-corrected chi connectivity index (χ3v) is 5.38. The Balaban J connectivity index is 2.19. The first-order chi connectivity index (χ1) is 12.8. The molecular weight excluding hydrogens is 386 g/mol. The van der Waals surface area contributed by atoms with Gasteiger partial charge < -0.3 is 14.4 Å². The predicted octanol–water partition coefficient (Wildman–Crippen LogP) is 4.19. The Bertz CT molecular complexity index is 838. The Morgan fingerprint density at radius 1 is 1.11 bits per heavy atom. The summed E-state index contributed by atoms with van der Waals surface area (Å²) in [6.07, 6.45) is 1.80. The number of hydrogen-bond donors (Lipinski definition) is 0. The second kappa shape index (κ2) is 9.85. The standard InChI is InChI=1S/C20H26ClNO4S/c1-4-26-18-9-6-16(7-10-18)15-22(12-5-13-27(3,23)24)17-8-11-20(25-2)19(21)14-17/h6-11,14H,4-5,12-13,15H2,1-3H3. The van der Waals surface area contributed by atoms with Crippen LogP contribution in [0.4, 0.5) is 5.69 Å². The molecule has 0 amide bonds. The van der Waals surface area contributed by atoms with Crippen molar-refractivity contribution in [3.8, 4) is 11.5 Å². The molecule has 0 heterocycles. The minimum absolute atomic E-state index is 0.149. The highest BCUT2D eigenvalue weighted by atomic mass is 35.5. The molecule has 0 aliphatic carbocycles. The Hall–Kier alpha value is -1.92. The van der Waals surface area contributed by atoms with Crippen LogP contribution in [-0.4, -0.2) is 40.7 Å². The van der Waals surface area contributed by atoms with Gasteiger partial charge in [0.1, 0.15) is 21.3 Å². The third-order valence-electron chi connectivity index (χ3n) is 4.05. The summed E-state index contributed by atoms with van der Waals surface area (Å²) < 4.78 is 33.6. The van der Waals surface area contributed by atoms with Crippen LogP contribution < -0.4 is 14.4 Å². The quantitative estimate of drug-likeness (QED) is 0.586. The number of benzene rings is 2. The highest BCUT2D eigenvalue weighted by molar-refractivity contribution is 7.90. The van der Waals surface area contributed by atoms with Crippen molar-refractivity contribution in [1.29, 1.82) is 0 Å². The fourth-order valence-electron chi connectivity index (χ4n) is 2.75. The molecule has 0 atom stereocenters. The van der Waals surface area contributed by atoms with Crippen LogP contribution in [0.2, 0.25) is 5.02 Å². The molecule has 7 heteroatoms. The Morgan fingerprint density at radius 3 is 2.37 bits per heavy atom. The van der Waals surface area contributed by atoms with Gasteiger partial charge in [0.05, 0.1) is 24.5 Å². The number of sulfone groups is 1. The highest BCUT2D eigenvalue weighted by Gasteiger charge is 2.12. The van der Waals surface area contributed by atoms with Crippen molar-refractivity contribution in [2.45, 2.75) is 19.9 Å². The normalized spacial score (nSPS) is 11.3. The van der Waals surface area contributed by atoms with E-state index in [1.807, 2.05) is 49.4 Å². The van der Waals surface area contributed by atoms with E-state index in [-0.39, 0.29) is 5.75 Å². The van der Waals surface area contributed by atoms with E-state index in [9.17, 15) is 8.42 Å². The van der Waals surface area contributed by atoms with Crippen molar-refractivity contribution in [2.24, 2.45) is 0 Å². The van der Waals surface area contributed by atoms with Crippen LogP contribution in [0.1, 0.15) is 18.9 Å². The first-order valence-corrected chi connectivity index (χ1v) is 11.2. The molecule has 5 nitrogen and oxygen atoms in total. The minimum atomic E-state index is -2.99. The summed E-state index contributed by atoms with van der Waals surface area (Å²) in [5.74, 6) is 1.59. The highest BCUT2D eigenvalue weighted by Crippen LogP contribution is 2.30. The van der Waals surface area contributed by atoms with Gasteiger partial charge >= 0.3 is 0 Å². The number of ether oxygens (including phenoxy) is 2. The summed E-state index contributed by atoms with van der Waals surface area (Å²) in [7, 11) is -1.42. The smallest absolute Gasteiger partial charge is 0.147 e. The fraction of sp³-hybridized carbons (Fsp3) is 0.400. The van der Waals surface area contributed by atoms with Crippen LogP contribution in [0.3, 0.4) is 0 Å². The van der Waals surface area contributed by atoms with Gasteiger partial charge in [0.2, 0.25) is 0 Å². The van der Waals surface area contributed by atoms with Crippen molar-refractivity contribution in [2.75, 3.05) is 37.2 Å². The molecule has 0 radical (unpaired) electrons. The van der Waals surface area contributed by atoms with Crippen molar-refractivity contribution >= 4 is 27.1 Å². The molecule has 27 heavy (non-hydrogen) atoms. The zero-order valence-electron chi connectivity index (χ0n) is 15.9. The molecule has 0 fully saturated rings. The zero-order chi connectivity index (χ0) is 19.9.